The Morgan fingerprint density at radius 3 is 2.71 bits per heavy atom. The van der Waals surface area contributed by atoms with Crippen molar-refractivity contribution >= 4 is 28.2 Å². The van der Waals surface area contributed by atoms with Crippen LogP contribution in [0.3, 0.4) is 0 Å². The minimum atomic E-state index is -0.601. The number of aromatic nitrogens is 1. The predicted molar refractivity (Wildman–Crippen MR) is 62.9 cm³/mol. The lowest BCUT2D eigenvalue weighted by molar-refractivity contribution is 0.0816. The van der Waals surface area contributed by atoms with Crippen molar-refractivity contribution in [1.82, 2.24) is 4.98 Å². The van der Waals surface area contributed by atoms with E-state index in [9.17, 15) is 5.11 Å². The monoisotopic (exact) mass is 232 g/mol. The Hall–Kier alpha value is -0.260. The predicted octanol–water partition coefficient (Wildman–Crippen LogP) is 2.29. The fraction of sp³-hybridized carbons (Fsp3) is 0.667. The van der Waals surface area contributed by atoms with Crippen molar-refractivity contribution in [2.24, 2.45) is 0 Å². The van der Waals surface area contributed by atoms with Crippen LogP contribution in [0, 0.1) is 6.92 Å². The van der Waals surface area contributed by atoms with Gasteiger partial charge in [0.15, 0.2) is 5.13 Å². The third kappa shape index (κ3) is 3.15. The van der Waals surface area contributed by atoms with Crippen LogP contribution in [-0.4, -0.2) is 21.4 Å². The number of thioether (sulfide) groups is 1. The maximum Gasteiger partial charge on any atom is 0.181 e. The first kappa shape index (κ1) is 11.8. The first-order chi connectivity index (χ1) is 6.44. The smallest absolute Gasteiger partial charge is 0.181 e. The molecule has 1 unspecified atom stereocenters. The summed E-state index contributed by atoms with van der Waals surface area (Å²) in [7, 11) is 0. The first-order valence-electron chi connectivity index (χ1n) is 4.52. The topological polar surface area (TPSA) is 59.1 Å². The van der Waals surface area contributed by atoms with Crippen LogP contribution in [-0.2, 0) is 0 Å². The van der Waals surface area contributed by atoms with Crippen molar-refractivity contribution in [2.75, 3.05) is 11.5 Å². The number of aryl methyl sites for hydroxylation is 1. The van der Waals surface area contributed by atoms with Gasteiger partial charge in [-0.15, -0.1) is 11.8 Å². The molecule has 1 aromatic rings. The van der Waals surface area contributed by atoms with Crippen molar-refractivity contribution < 1.29 is 5.11 Å². The molecule has 1 rings (SSSR count). The number of hydrogen-bond donors (Lipinski definition) is 2. The van der Waals surface area contributed by atoms with Crippen molar-refractivity contribution in [2.45, 2.75) is 37.0 Å². The van der Waals surface area contributed by atoms with Gasteiger partial charge in [-0.05, 0) is 20.3 Å². The molecule has 1 atom stereocenters. The largest absolute Gasteiger partial charge is 0.389 e. The Balaban J connectivity index is 2.58. The van der Waals surface area contributed by atoms with Crippen molar-refractivity contribution in [3.8, 4) is 0 Å². The van der Waals surface area contributed by atoms with E-state index < -0.39 is 5.60 Å². The molecular formula is C9H16N2OS2. The molecule has 0 saturated carbocycles. The molecule has 0 aromatic carbocycles. The molecule has 5 heteroatoms. The highest BCUT2D eigenvalue weighted by Gasteiger charge is 2.19. The molecule has 0 spiro atoms. The summed E-state index contributed by atoms with van der Waals surface area (Å²) in [6.45, 7) is 5.77. The summed E-state index contributed by atoms with van der Waals surface area (Å²) in [6.07, 6.45) is 0.757. The number of nitrogens with two attached hydrogens (primary N) is 1. The van der Waals surface area contributed by atoms with E-state index in [1.165, 1.54) is 11.3 Å². The molecule has 0 bridgehead atoms. The zero-order valence-corrected chi connectivity index (χ0v) is 10.3. The van der Waals surface area contributed by atoms with Crippen LogP contribution >= 0.6 is 23.1 Å². The molecule has 0 radical (unpaired) electrons. The van der Waals surface area contributed by atoms with E-state index in [0.717, 1.165) is 16.3 Å². The average Bonchev–Trinajstić information content (AvgIpc) is 2.42. The molecule has 0 aliphatic heterocycles. The molecule has 3 nitrogen and oxygen atoms in total. The standard InChI is InChI=1S/C9H16N2OS2/c1-4-9(3,12)5-13-7-6(2)11-8(10)14-7/h12H,4-5H2,1-3H3,(H2,10,11). The first-order valence-corrected chi connectivity index (χ1v) is 6.33. The van der Waals surface area contributed by atoms with Crippen LogP contribution in [0.1, 0.15) is 26.0 Å². The highest BCUT2D eigenvalue weighted by Crippen LogP contribution is 2.32. The molecule has 1 heterocycles. The van der Waals surface area contributed by atoms with E-state index in [1.807, 2.05) is 20.8 Å². The number of aliphatic hydroxyl groups is 1. The lowest BCUT2D eigenvalue weighted by atomic mass is 10.1. The van der Waals surface area contributed by atoms with Crippen molar-refractivity contribution in [3.63, 3.8) is 0 Å². The molecule has 0 saturated heterocycles. The number of anilines is 1. The van der Waals surface area contributed by atoms with Gasteiger partial charge in [-0.25, -0.2) is 4.98 Å². The second-order valence-electron chi connectivity index (χ2n) is 3.56. The fourth-order valence-corrected chi connectivity index (χ4v) is 2.99. The van der Waals surface area contributed by atoms with Crippen molar-refractivity contribution in [1.29, 1.82) is 0 Å². The number of hydrogen-bond acceptors (Lipinski definition) is 5. The molecule has 14 heavy (non-hydrogen) atoms. The van der Waals surface area contributed by atoms with Crippen LogP contribution in [0.2, 0.25) is 0 Å². The number of rotatable bonds is 4. The summed E-state index contributed by atoms with van der Waals surface area (Å²) in [6, 6.07) is 0. The second kappa shape index (κ2) is 4.51. The fourth-order valence-electron chi connectivity index (χ4n) is 0.860. The Morgan fingerprint density at radius 2 is 2.29 bits per heavy atom. The zero-order chi connectivity index (χ0) is 10.8. The van der Waals surface area contributed by atoms with Gasteiger partial charge in [0.05, 0.1) is 15.5 Å². The van der Waals surface area contributed by atoms with Crippen LogP contribution in [0.25, 0.3) is 0 Å². The van der Waals surface area contributed by atoms with Gasteiger partial charge in [-0.2, -0.15) is 0 Å². The number of thiazole rings is 1. The van der Waals surface area contributed by atoms with Gasteiger partial charge < -0.3 is 10.8 Å². The van der Waals surface area contributed by atoms with Gasteiger partial charge in [0.2, 0.25) is 0 Å². The Kier molecular flexibility index (Phi) is 3.80. The summed E-state index contributed by atoms with van der Waals surface area (Å²) >= 11 is 3.11. The molecule has 3 N–H and O–H groups in total. The molecule has 0 aliphatic carbocycles. The lowest BCUT2D eigenvalue weighted by Gasteiger charge is -2.19. The van der Waals surface area contributed by atoms with E-state index in [1.54, 1.807) is 11.8 Å². The van der Waals surface area contributed by atoms with E-state index in [2.05, 4.69) is 4.98 Å². The third-order valence-electron chi connectivity index (χ3n) is 2.05. The molecule has 0 amide bonds. The summed E-state index contributed by atoms with van der Waals surface area (Å²) in [5.74, 6) is 0.686. The highest BCUT2D eigenvalue weighted by molar-refractivity contribution is 8.01. The van der Waals surface area contributed by atoms with Gasteiger partial charge in [-0.1, -0.05) is 18.3 Å². The van der Waals surface area contributed by atoms with E-state index in [4.69, 9.17) is 5.73 Å². The zero-order valence-electron chi connectivity index (χ0n) is 8.70. The summed E-state index contributed by atoms with van der Waals surface area (Å²) in [5, 5.41) is 10.4. The second-order valence-corrected chi connectivity index (χ2v) is 5.84. The third-order valence-corrected chi connectivity index (χ3v) is 4.76. The minimum absolute atomic E-state index is 0.598. The van der Waals surface area contributed by atoms with Crippen LogP contribution in [0.15, 0.2) is 4.21 Å². The van der Waals surface area contributed by atoms with E-state index in [-0.39, 0.29) is 0 Å². The van der Waals surface area contributed by atoms with Crippen LogP contribution in [0.5, 0.6) is 0 Å². The van der Waals surface area contributed by atoms with E-state index in [0.29, 0.717) is 10.9 Å². The molecule has 0 aliphatic rings. The summed E-state index contributed by atoms with van der Waals surface area (Å²) in [4.78, 5) is 4.13. The van der Waals surface area contributed by atoms with Gasteiger partial charge in [0.25, 0.3) is 0 Å². The van der Waals surface area contributed by atoms with Gasteiger partial charge in [0.1, 0.15) is 0 Å². The van der Waals surface area contributed by atoms with Gasteiger partial charge in [0, 0.05) is 5.75 Å². The average molecular weight is 232 g/mol. The van der Waals surface area contributed by atoms with E-state index >= 15 is 0 Å². The summed E-state index contributed by atoms with van der Waals surface area (Å²) < 4.78 is 1.11. The van der Waals surface area contributed by atoms with Crippen molar-refractivity contribution in [3.05, 3.63) is 5.69 Å². The molecule has 0 fully saturated rings. The molecule has 80 valence electrons. The Morgan fingerprint density at radius 1 is 1.64 bits per heavy atom. The quantitative estimate of drug-likeness (QED) is 0.782. The minimum Gasteiger partial charge on any atom is -0.389 e. The summed E-state index contributed by atoms with van der Waals surface area (Å²) in [5.41, 5.74) is 5.94. The highest BCUT2D eigenvalue weighted by atomic mass is 32.2. The SMILES string of the molecule is CCC(C)(O)CSc1sc(N)nc1C. The van der Waals surface area contributed by atoms with Gasteiger partial charge in [-0.3, -0.25) is 0 Å². The maximum atomic E-state index is 9.81. The van der Waals surface area contributed by atoms with Gasteiger partial charge >= 0.3 is 0 Å². The normalized spacial score (nSPS) is 15.4. The number of nitrogen functional groups attached to an aromatic ring is 1. The van der Waals surface area contributed by atoms with Crippen LogP contribution < -0.4 is 5.73 Å². The lowest BCUT2D eigenvalue weighted by Crippen LogP contribution is -2.25. The Labute approximate surface area is 92.7 Å². The Bertz CT molecular complexity index is 310. The maximum absolute atomic E-state index is 9.81. The molecule has 1 aromatic heterocycles. The molecular weight excluding hydrogens is 216 g/mol. The van der Waals surface area contributed by atoms with Crippen LogP contribution in [0.4, 0.5) is 5.13 Å². The number of nitrogens with zero attached hydrogens (tertiary/aromatic N) is 1.